The Hall–Kier alpha value is -2.57. The lowest BCUT2D eigenvalue weighted by molar-refractivity contribution is -0.126. The second-order valence-electron chi connectivity index (χ2n) is 5.61. The van der Waals surface area contributed by atoms with Crippen LogP contribution in [-0.4, -0.2) is 53.4 Å². The summed E-state index contributed by atoms with van der Waals surface area (Å²) in [4.78, 5) is 38.4. The van der Waals surface area contributed by atoms with Crippen LogP contribution in [-0.2, 0) is 4.79 Å². The van der Waals surface area contributed by atoms with E-state index in [1.54, 1.807) is 4.90 Å². The molecule has 116 valence electrons. The Morgan fingerprint density at radius 3 is 2.64 bits per heavy atom. The second-order valence-corrected chi connectivity index (χ2v) is 5.61. The maximum atomic E-state index is 12.2. The van der Waals surface area contributed by atoms with Gasteiger partial charge in [-0.1, -0.05) is 17.7 Å². The average Bonchev–Trinajstić information content (AvgIpc) is 3.08. The molecular weight excluding hydrogens is 284 g/mol. The highest BCUT2D eigenvalue weighted by Crippen LogP contribution is 2.19. The summed E-state index contributed by atoms with van der Waals surface area (Å²) in [5.74, 6) is -0.226. The number of imide groups is 1. The van der Waals surface area contributed by atoms with E-state index in [0.29, 0.717) is 19.5 Å². The molecule has 3 rings (SSSR count). The number of hydrogen-bond donors (Lipinski definition) is 2. The summed E-state index contributed by atoms with van der Waals surface area (Å²) >= 11 is 0. The minimum atomic E-state index is -0.365. The van der Waals surface area contributed by atoms with Gasteiger partial charge in [-0.2, -0.15) is 0 Å². The molecule has 0 radical (unpaired) electrons. The van der Waals surface area contributed by atoms with Crippen molar-refractivity contribution in [2.45, 2.75) is 19.4 Å². The molecule has 22 heavy (non-hydrogen) atoms. The van der Waals surface area contributed by atoms with Crippen molar-refractivity contribution in [2.75, 3.05) is 25.0 Å². The van der Waals surface area contributed by atoms with E-state index in [1.807, 2.05) is 31.2 Å². The fourth-order valence-electron chi connectivity index (χ4n) is 2.78. The van der Waals surface area contributed by atoms with Crippen LogP contribution in [0.1, 0.15) is 12.0 Å². The van der Waals surface area contributed by atoms with Crippen molar-refractivity contribution >= 4 is 23.7 Å². The second kappa shape index (κ2) is 5.67. The number of benzene rings is 1. The van der Waals surface area contributed by atoms with Crippen LogP contribution in [0.4, 0.5) is 15.3 Å². The van der Waals surface area contributed by atoms with Gasteiger partial charge in [0, 0.05) is 18.8 Å². The highest BCUT2D eigenvalue weighted by molar-refractivity contribution is 6.02. The topological polar surface area (TPSA) is 81.8 Å². The molecule has 7 heteroatoms. The van der Waals surface area contributed by atoms with E-state index in [4.69, 9.17) is 0 Å². The quantitative estimate of drug-likeness (QED) is 0.804. The summed E-state index contributed by atoms with van der Waals surface area (Å²) in [7, 11) is 0. The zero-order chi connectivity index (χ0) is 15.7. The number of aryl methyl sites for hydroxylation is 1. The first-order chi connectivity index (χ1) is 10.5. The van der Waals surface area contributed by atoms with Gasteiger partial charge >= 0.3 is 12.1 Å². The number of anilines is 1. The highest BCUT2D eigenvalue weighted by atomic mass is 16.2. The lowest BCUT2D eigenvalue weighted by atomic mass is 10.2. The molecule has 2 aliphatic rings. The summed E-state index contributed by atoms with van der Waals surface area (Å²) in [6.07, 6.45) is 0.612. The van der Waals surface area contributed by atoms with Crippen molar-refractivity contribution < 1.29 is 14.4 Å². The first-order valence-electron chi connectivity index (χ1n) is 7.27. The fourth-order valence-corrected chi connectivity index (χ4v) is 2.78. The Balaban J connectivity index is 1.60. The smallest absolute Gasteiger partial charge is 0.324 e. The number of carbonyl (C=O) groups is 3. The van der Waals surface area contributed by atoms with Crippen LogP contribution in [0.5, 0.6) is 0 Å². The molecule has 2 fully saturated rings. The lowest BCUT2D eigenvalue weighted by Crippen LogP contribution is -2.43. The van der Waals surface area contributed by atoms with Crippen molar-refractivity contribution in [2.24, 2.45) is 0 Å². The largest absolute Gasteiger partial charge is 0.329 e. The molecular formula is C15H18N4O3. The average molecular weight is 302 g/mol. The predicted molar refractivity (Wildman–Crippen MR) is 80.4 cm³/mol. The summed E-state index contributed by atoms with van der Waals surface area (Å²) in [5.41, 5.74) is 1.85. The van der Waals surface area contributed by atoms with Crippen LogP contribution in [0.15, 0.2) is 24.3 Å². The van der Waals surface area contributed by atoms with Gasteiger partial charge in [-0.3, -0.25) is 9.69 Å². The number of hydrogen-bond acceptors (Lipinski definition) is 3. The van der Waals surface area contributed by atoms with Crippen LogP contribution >= 0.6 is 0 Å². The van der Waals surface area contributed by atoms with Crippen LogP contribution in [0, 0.1) is 6.92 Å². The van der Waals surface area contributed by atoms with E-state index in [0.717, 1.165) is 11.3 Å². The van der Waals surface area contributed by atoms with Crippen LogP contribution in [0.25, 0.3) is 0 Å². The predicted octanol–water partition coefficient (Wildman–Crippen LogP) is 1.15. The van der Waals surface area contributed by atoms with Gasteiger partial charge in [-0.05, 0) is 25.5 Å². The Labute approximate surface area is 128 Å². The molecule has 0 spiro atoms. The van der Waals surface area contributed by atoms with Crippen molar-refractivity contribution in [3.8, 4) is 0 Å². The molecule has 1 atom stereocenters. The molecule has 2 heterocycles. The first kappa shape index (κ1) is 14.4. The van der Waals surface area contributed by atoms with Crippen molar-refractivity contribution in [3.05, 3.63) is 29.8 Å². The van der Waals surface area contributed by atoms with Crippen molar-refractivity contribution in [3.63, 3.8) is 0 Å². The summed E-state index contributed by atoms with van der Waals surface area (Å²) in [6.45, 7) is 2.93. The first-order valence-corrected chi connectivity index (χ1v) is 7.27. The van der Waals surface area contributed by atoms with Gasteiger partial charge in [-0.25, -0.2) is 9.59 Å². The molecule has 2 aliphatic heterocycles. The van der Waals surface area contributed by atoms with Gasteiger partial charge < -0.3 is 15.5 Å². The maximum Gasteiger partial charge on any atom is 0.324 e. The molecule has 2 N–H and O–H groups in total. The zero-order valence-corrected chi connectivity index (χ0v) is 12.3. The van der Waals surface area contributed by atoms with Gasteiger partial charge in [0.05, 0.1) is 12.6 Å². The monoisotopic (exact) mass is 302 g/mol. The molecule has 0 aliphatic carbocycles. The van der Waals surface area contributed by atoms with Gasteiger partial charge in [0.2, 0.25) is 5.91 Å². The molecule has 1 unspecified atom stereocenters. The minimum Gasteiger partial charge on any atom is -0.329 e. The SMILES string of the molecule is Cc1ccc(NC(=O)N2CCC(N3C(=O)CNC3=O)C2)cc1. The number of rotatable bonds is 2. The molecule has 1 aromatic carbocycles. The lowest BCUT2D eigenvalue weighted by Gasteiger charge is -2.21. The molecule has 0 bridgehead atoms. The molecule has 2 saturated heterocycles. The number of nitrogens with one attached hydrogen (secondary N) is 2. The Kier molecular flexibility index (Phi) is 3.70. The zero-order valence-electron chi connectivity index (χ0n) is 12.3. The van der Waals surface area contributed by atoms with Gasteiger partial charge in [0.25, 0.3) is 0 Å². The third-order valence-electron chi connectivity index (χ3n) is 4.00. The third kappa shape index (κ3) is 2.74. The summed E-state index contributed by atoms with van der Waals surface area (Å²) < 4.78 is 0. The summed E-state index contributed by atoms with van der Waals surface area (Å²) in [5, 5.41) is 5.33. The number of carbonyl (C=O) groups excluding carboxylic acids is 3. The Morgan fingerprint density at radius 2 is 2.00 bits per heavy atom. The molecule has 5 amide bonds. The van der Waals surface area contributed by atoms with E-state index < -0.39 is 0 Å². The van der Waals surface area contributed by atoms with Crippen LogP contribution in [0.2, 0.25) is 0 Å². The number of nitrogens with zero attached hydrogens (tertiary/aromatic N) is 2. The van der Waals surface area contributed by atoms with E-state index in [-0.39, 0.29) is 30.6 Å². The van der Waals surface area contributed by atoms with E-state index in [2.05, 4.69) is 10.6 Å². The Morgan fingerprint density at radius 1 is 1.27 bits per heavy atom. The molecule has 0 saturated carbocycles. The molecule has 1 aromatic rings. The molecule has 7 nitrogen and oxygen atoms in total. The van der Waals surface area contributed by atoms with Gasteiger partial charge in [-0.15, -0.1) is 0 Å². The fraction of sp³-hybridized carbons (Fsp3) is 0.400. The number of urea groups is 2. The number of amides is 5. The normalized spacial score (nSPS) is 21.2. The minimum absolute atomic E-state index is 0.0465. The maximum absolute atomic E-state index is 12.2. The van der Waals surface area contributed by atoms with Gasteiger partial charge in [0.1, 0.15) is 0 Å². The van der Waals surface area contributed by atoms with Crippen LogP contribution < -0.4 is 10.6 Å². The van der Waals surface area contributed by atoms with E-state index in [1.165, 1.54) is 4.90 Å². The third-order valence-corrected chi connectivity index (χ3v) is 4.00. The van der Waals surface area contributed by atoms with Crippen LogP contribution in [0.3, 0.4) is 0 Å². The molecule has 0 aromatic heterocycles. The van der Waals surface area contributed by atoms with E-state index >= 15 is 0 Å². The number of likely N-dealkylation sites (tertiary alicyclic amines) is 1. The van der Waals surface area contributed by atoms with E-state index in [9.17, 15) is 14.4 Å². The highest BCUT2D eigenvalue weighted by Gasteiger charge is 2.39. The van der Waals surface area contributed by atoms with Gasteiger partial charge in [0.15, 0.2) is 0 Å². The summed E-state index contributed by atoms with van der Waals surface area (Å²) in [6, 6.07) is 6.73. The standard InChI is InChI=1S/C15H18N4O3/c1-10-2-4-11(5-3-10)17-15(22)18-7-6-12(9-18)19-13(20)8-16-14(19)21/h2-5,12H,6-9H2,1H3,(H,16,21)(H,17,22). The Bertz CT molecular complexity index is 598. The van der Waals surface area contributed by atoms with Crippen molar-refractivity contribution in [1.82, 2.24) is 15.1 Å². The van der Waals surface area contributed by atoms with Crippen molar-refractivity contribution in [1.29, 1.82) is 0 Å².